The van der Waals surface area contributed by atoms with Gasteiger partial charge in [0.1, 0.15) is 0 Å². The van der Waals surface area contributed by atoms with Gasteiger partial charge >= 0.3 is 6.18 Å². The fraction of sp³-hybridized carbons (Fsp3) is 0.588. The smallest absolute Gasteiger partial charge is 0.356 e. The lowest BCUT2D eigenvalue weighted by atomic mass is 9.95. The number of piperidine rings is 1. The summed E-state index contributed by atoms with van der Waals surface area (Å²) in [6.07, 6.45) is -2.01. The molecule has 1 amide bonds. The molecule has 1 aliphatic heterocycles. The van der Waals surface area contributed by atoms with Crippen LogP contribution in [0.5, 0.6) is 0 Å². The van der Waals surface area contributed by atoms with E-state index in [1.165, 1.54) is 12.1 Å². The highest BCUT2D eigenvalue weighted by molar-refractivity contribution is 5.85. The third kappa shape index (κ3) is 5.98. The fourth-order valence-electron chi connectivity index (χ4n) is 2.83. The predicted octanol–water partition coefficient (Wildman–Crippen LogP) is 3.74. The maximum atomic E-state index is 12.7. The lowest BCUT2D eigenvalue weighted by Gasteiger charge is -2.22. The summed E-state index contributed by atoms with van der Waals surface area (Å²) in [6.45, 7) is 4.09. The lowest BCUT2D eigenvalue weighted by molar-refractivity contribution is -0.137. The first-order valence-electron chi connectivity index (χ1n) is 8.03. The molecule has 1 aromatic rings. The monoisotopic (exact) mass is 364 g/mol. The molecule has 0 bridgehead atoms. The molecule has 24 heavy (non-hydrogen) atoms. The zero-order valence-corrected chi connectivity index (χ0v) is 14.5. The molecule has 7 heteroatoms. The first-order chi connectivity index (χ1) is 10.9. The second-order valence-corrected chi connectivity index (χ2v) is 6.13. The quantitative estimate of drug-likeness (QED) is 0.835. The lowest BCUT2D eigenvalue weighted by Crippen LogP contribution is -2.38. The summed E-state index contributed by atoms with van der Waals surface area (Å²) >= 11 is 0. The molecule has 1 aromatic carbocycles. The molecular formula is C17H24ClF3N2O. The maximum absolute atomic E-state index is 12.7. The minimum absolute atomic E-state index is 0. The highest BCUT2D eigenvalue weighted by atomic mass is 35.5. The zero-order chi connectivity index (χ0) is 16.9. The van der Waals surface area contributed by atoms with E-state index in [0.29, 0.717) is 18.5 Å². The number of nitrogens with one attached hydrogen (secondary N) is 2. The minimum Gasteiger partial charge on any atom is -0.356 e. The molecule has 2 N–H and O–H groups in total. The van der Waals surface area contributed by atoms with Gasteiger partial charge in [-0.15, -0.1) is 12.4 Å². The number of carbonyl (C=O) groups excluding carboxylic acids is 1. The number of carbonyl (C=O) groups is 1. The summed E-state index contributed by atoms with van der Waals surface area (Å²) in [7, 11) is 0. The standard InChI is InChI=1S/C17H23F3N2O.ClH/c1-12(14-3-2-4-15(11-14)17(18,19)20)5-10-22-16(23)13-6-8-21-9-7-13;/h2-4,11-13,21H,5-10H2,1H3,(H,22,23);1H. The van der Waals surface area contributed by atoms with E-state index < -0.39 is 11.7 Å². The van der Waals surface area contributed by atoms with Crippen LogP contribution in [0.15, 0.2) is 24.3 Å². The van der Waals surface area contributed by atoms with Crippen molar-refractivity contribution in [1.29, 1.82) is 0 Å². The molecule has 2 rings (SSSR count). The van der Waals surface area contributed by atoms with Gasteiger partial charge in [-0.05, 0) is 49.9 Å². The van der Waals surface area contributed by atoms with Gasteiger partial charge in [0.05, 0.1) is 5.56 Å². The maximum Gasteiger partial charge on any atom is 0.416 e. The van der Waals surface area contributed by atoms with Crippen molar-refractivity contribution >= 4 is 18.3 Å². The van der Waals surface area contributed by atoms with Crippen LogP contribution in [0.1, 0.15) is 43.2 Å². The Kier molecular flexibility index (Phi) is 8.03. The van der Waals surface area contributed by atoms with Crippen LogP contribution in [-0.4, -0.2) is 25.5 Å². The van der Waals surface area contributed by atoms with Crippen molar-refractivity contribution in [2.45, 2.75) is 38.3 Å². The Morgan fingerprint density at radius 2 is 2.00 bits per heavy atom. The van der Waals surface area contributed by atoms with Crippen molar-refractivity contribution in [3.8, 4) is 0 Å². The molecule has 1 fully saturated rings. The van der Waals surface area contributed by atoms with E-state index in [9.17, 15) is 18.0 Å². The summed E-state index contributed by atoms with van der Waals surface area (Å²) in [5.74, 6) is 0.0773. The Hall–Kier alpha value is -1.27. The van der Waals surface area contributed by atoms with E-state index >= 15 is 0 Å². The molecule has 0 aliphatic carbocycles. The summed E-state index contributed by atoms with van der Waals surface area (Å²) in [5.41, 5.74) is 0.0246. The van der Waals surface area contributed by atoms with E-state index in [4.69, 9.17) is 0 Å². The molecule has 0 saturated carbocycles. The molecule has 0 spiro atoms. The van der Waals surface area contributed by atoms with Crippen LogP contribution in [0.25, 0.3) is 0 Å². The molecule has 1 heterocycles. The second-order valence-electron chi connectivity index (χ2n) is 6.13. The third-order valence-electron chi connectivity index (χ3n) is 4.37. The van der Waals surface area contributed by atoms with Crippen molar-refractivity contribution in [2.24, 2.45) is 5.92 Å². The van der Waals surface area contributed by atoms with Crippen molar-refractivity contribution in [2.75, 3.05) is 19.6 Å². The van der Waals surface area contributed by atoms with Gasteiger partial charge in [0, 0.05) is 12.5 Å². The Morgan fingerprint density at radius 1 is 1.33 bits per heavy atom. The van der Waals surface area contributed by atoms with Gasteiger partial charge < -0.3 is 10.6 Å². The average Bonchev–Trinajstić information content (AvgIpc) is 2.54. The van der Waals surface area contributed by atoms with Crippen molar-refractivity contribution < 1.29 is 18.0 Å². The van der Waals surface area contributed by atoms with Gasteiger partial charge in [0.2, 0.25) is 5.91 Å². The van der Waals surface area contributed by atoms with Gasteiger partial charge in [0.15, 0.2) is 0 Å². The van der Waals surface area contributed by atoms with E-state index in [-0.39, 0.29) is 30.2 Å². The zero-order valence-electron chi connectivity index (χ0n) is 13.7. The van der Waals surface area contributed by atoms with Gasteiger partial charge in [-0.1, -0.05) is 25.1 Å². The molecule has 1 saturated heterocycles. The van der Waals surface area contributed by atoms with Crippen molar-refractivity contribution in [1.82, 2.24) is 10.6 Å². The molecule has 0 radical (unpaired) electrons. The number of alkyl halides is 3. The summed E-state index contributed by atoms with van der Waals surface area (Å²) in [6, 6.07) is 5.41. The van der Waals surface area contributed by atoms with Crippen LogP contribution >= 0.6 is 12.4 Å². The van der Waals surface area contributed by atoms with Crippen LogP contribution in [0.4, 0.5) is 13.2 Å². The normalized spacial score (nSPS) is 17.0. The van der Waals surface area contributed by atoms with Crippen LogP contribution in [0.3, 0.4) is 0 Å². The van der Waals surface area contributed by atoms with Gasteiger partial charge in [-0.2, -0.15) is 13.2 Å². The summed E-state index contributed by atoms with van der Waals surface area (Å²) in [4.78, 5) is 12.0. The molecule has 3 nitrogen and oxygen atoms in total. The highest BCUT2D eigenvalue weighted by Crippen LogP contribution is 2.31. The first-order valence-corrected chi connectivity index (χ1v) is 8.03. The largest absolute Gasteiger partial charge is 0.416 e. The molecule has 1 atom stereocenters. The van der Waals surface area contributed by atoms with Gasteiger partial charge in [-0.25, -0.2) is 0 Å². The SMILES string of the molecule is CC(CCNC(=O)C1CCNCC1)c1cccc(C(F)(F)F)c1.Cl. The van der Waals surface area contributed by atoms with E-state index in [1.54, 1.807) is 6.07 Å². The molecule has 0 aromatic heterocycles. The van der Waals surface area contributed by atoms with Crippen LogP contribution in [0.2, 0.25) is 0 Å². The topological polar surface area (TPSA) is 41.1 Å². The number of halogens is 4. The Balaban J connectivity index is 0.00000288. The average molecular weight is 365 g/mol. The predicted molar refractivity (Wildman–Crippen MR) is 90.3 cm³/mol. The number of hydrogen-bond acceptors (Lipinski definition) is 2. The minimum atomic E-state index is -4.32. The Bertz CT molecular complexity index is 531. The van der Waals surface area contributed by atoms with Gasteiger partial charge in [0.25, 0.3) is 0 Å². The number of rotatable bonds is 5. The second kappa shape index (κ2) is 9.28. The van der Waals surface area contributed by atoms with Crippen LogP contribution < -0.4 is 10.6 Å². The first kappa shape index (κ1) is 20.8. The number of benzene rings is 1. The summed E-state index contributed by atoms with van der Waals surface area (Å²) in [5, 5.41) is 6.12. The molecule has 136 valence electrons. The van der Waals surface area contributed by atoms with E-state index in [0.717, 1.165) is 32.0 Å². The number of amides is 1. The van der Waals surface area contributed by atoms with Crippen LogP contribution in [-0.2, 0) is 11.0 Å². The van der Waals surface area contributed by atoms with Crippen molar-refractivity contribution in [3.63, 3.8) is 0 Å². The fourth-order valence-corrected chi connectivity index (χ4v) is 2.83. The van der Waals surface area contributed by atoms with E-state index in [2.05, 4.69) is 10.6 Å². The van der Waals surface area contributed by atoms with Gasteiger partial charge in [-0.3, -0.25) is 4.79 Å². The van der Waals surface area contributed by atoms with E-state index in [1.807, 2.05) is 6.92 Å². The molecule has 1 unspecified atom stereocenters. The Labute approximate surface area is 146 Å². The number of hydrogen-bond donors (Lipinski definition) is 2. The highest BCUT2D eigenvalue weighted by Gasteiger charge is 2.30. The van der Waals surface area contributed by atoms with Crippen LogP contribution in [0, 0.1) is 5.92 Å². The molecule has 1 aliphatic rings. The summed E-state index contributed by atoms with van der Waals surface area (Å²) < 4.78 is 38.2. The molecular weight excluding hydrogens is 341 g/mol. The Morgan fingerprint density at radius 3 is 2.62 bits per heavy atom. The third-order valence-corrected chi connectivity index (χ3v) is 4.37. The van der Waals surface area contributed by atoms with Crippen molar-refractivity contribution in [3.05, 3.63) is 35.4 Å².